The highest BCUT2D eigenvalue weighted by molar-refractivity contribution is 5.94. The van der Waals surface area contributed by atoms with Crippen molar-refractivity contribution in [1.82, 2.24) is 9.80 Å². The molecule has 0 N–H and O–H groups in total. The van der Waals surface area contributed by atoms with Gasteiger partial charge in [-0.3, -0.25) is 9.59 Å². The molecule has 0 saturated carbocycles. The van der Waals surface area contributed by atoms with Gasteiger partial charge in [-0.1, -0.05) is 13.0 Å². The van der Waals surface area contributed by atoms with Crippen molar-refractivity contribution in [3.63, 3.8) is 0 Å². The maximum Gasteiger partial charge on any atom is 0.260 e. The molecule has 2 aromatic rings. The molecule has 0 atom stereocenters. The molecular formula is C29H40F2N4O3. The molecule has 9 heteroatoms. The van der Waals surface area contributed by atoms with Gasteiger partial charge in [0.05, 0.1) is 5.69 Å². The molecule has 1 aliphatic rings. The quantitative estimate of drug-likeness (QED) is 0.543. The van der Waals surface area contributed by atoms with E-state index in [1.54, 1.807) is 17.9 Å². The molecule has 0 unspecified atom stereocenters. The van der Waals surface area contributed by atoms with E-state index in [2.05, 4.69) is 18.7 Å². The minimum atomic E-state index is -1.02. The molecular weight excluding hydrogens is 490 g/mol. The number of anilines is 2. The molecule has 0 bridgehead atoms. The normalized spacial score (nSPS) is 15.5. The number of halogens is 2. The van der Waals surface area contributed by atoms with E-state index in [1.807, 2.05) is 37.2 Å². The number of rotatable bonds is 6. The van der Waals surface area contributed by atoms with Crippen molar-refractivity contribution >= 4 is 23.2 Å². The monoisotopic (exact) mass is 530 g/mol. The van der Waals surface area contributed by atoms with Crippen LogP contribution in [0.1, 0.15) is 45.6 Å². The van der Waals surface area contributed by atoms with Gasteiger partial charge in [-0.25, -0.2) is 8.78 Å². The van der Waals surface area contributed by atoms with Crippen LogP contribution in [-0.4, -0.2) is 74.5 Å². The summed E-state index contributed by atoms with van der Waals surface area (Å²) in [7, 11) is 3.85. The zero-order valence-electron chi connectivity index (χ0n) is 23.2. The van der Waals surface area contributed by atoms with Crippen LogP contribution in [0.2, 0.25) is 0 Å². The van der Waals surface area contributed by atoms with Gasteiger partial charge in [-0.05, 0) is 50.5 Å². The summed E-state index contributed by atoms with van der Waals surface area (Å²) in [5, 5.41) is 0. The van der Waals surface area contributed by atoms with Crippen molar-refractivity contribution in [3.8, 4) is 5.75 Å². The molecule has 3 rings (SSSR count). The van der Waals surface area contributed by atoms with E-state index in [-0.39, 0.29) is 31.4 Å². The molecule has 208 valence electrons. The Kier molecular flexibility index (Phi) is 10.5. The van der Waals surface area contributed by atoms with Gasteiger partial charge in [0.15, 0.2) is 18.2 Å². The molecule has 0 spiro atoms. The number of nitrogens with zero attached hydrogens (tertiary/aromatic N) is 4. The Bertz CT molecular complexity index is 1110. The van der Waals surface area contributed by atoms with Gasteiger partial charge in [-0.15, -0.1) is 0 Å². The molecule has 0 aromatic heterocycles. The second-order valence-electron chi connectivity index (χ2n) is 10.1. The smallest absolute Gasteiger partial charge is 0.260 e. The van der Waals surface area contributed by atoms with E-state index in [0.717, 1.165) is 37.3 Å². The summed E-state index contributed by atoms with van der Waals surface area (Å²) < 4.78 is 34.6. The second-order valence-corrected chi connectivity index (χ2v) is 10.1. The van der Waals surface area contributed by atoms with E-state index < -0.39 is 11.6 Å². The van der Waals surface area contributed by atoms with Gasteiger partial charge in [0, 0.05) is 77.1 Å². The molecule has 38 heavy (non-hydrogen) atoms. The number of amides is 2. The third-order valence-corrected chi connectivity index (χ3v) is 6.86. The Morgan fingerprint density at radius 3 is 2.32 bits per heavy atom. The Balaban J connectivity index is 1.92. The summed E-state index contributed by atoms with van der Waals surface area (Å²) in [6.45, 7) is 8.17. The number of benzene rings is 2. The van der Waals surface area contributed by atoms with Crippen LogP contribution in [0.3, 0.4) is 0 Å². The van der Waals surface area contributed by atoms with Crippen LogP contribution in [0.25, 0.3) is 0 Å². The van der Waals surface area contributed by atoms with Crippen molar-refractivity contribution < 1.29 is 23.1 Å². The standard InChI is InChI=1S/C29H40F2N4O3/c1-6-28(36)35-15-9-13-33(21(2)3)12-8-14-34(19-22-16-25(30)26(31)18-27(22)35)29(37)20-38-24-11-7-10-23(17-24)32(4)5/h7,10-11,16-18,21H,6,8-9,12-15,19-20H2,1-5H3. The first-order valence-corrected chi connectivity index (χ1v) is 13.3. The Morgan fingerprint density at radius 1 is 0.974 bits per heavy atom. The number of fused-ring (bicyclic) bond motifs is 1. The number of ether oxygens (including phenoxy) is 1. The average Bonchev–Trinajstić information content (AvgIpc) is 2.88. The first-order chi connectivity index (χ1) is 18.1. The van der Waals surface area contributed by atoms with Crippen LogP contribution in [0, 0.1) is 11.6 Å². The molecule has 0 aliphatic carbocycles. The van der Waals surface area contributed by atoms with Crippen molar-refractivity contribution in [1.29, 1.82) is 0 Å². The lowest BCUT2D eigenvalue weighted by Crippen LogP contribution is -2.41. The van der Waals surface area contributed by atoms with Gasteiger partial charge in [0.1, 0.15) is 5.75 Å². The zero-order valence-corrected chi connectivity index (χ0v) is 23.2. The fourth-order valence-corrected chi connectivity index (χ4v) is 4.64. The highest BCUT2D eigenvalue weighted by Gasteiger charge is 2.25. The van der Waals surface area contributed by atoms with Gasteiger partial charge in [0.25, 0.3) is 5.91 Å². The fourth-order valence-electron chi connectivity index (χ4n) is 4.64. The molecule has 1 heterocycles. The van der Waals surface area contributed by atoms with E-state index in [0.29, 0.717) is 42.6 Å². The Morgan fingerprint density at radius 2 is 1.66 bits per heavy atom. The van der Waals surface area contributed by atoms with Crippen molar-refractivity contribution in [2.75, 3.05) is 56.7 Å². The number of carbonyl (C=O) groups is 2. The largest absolute Gasteiger partial charge is 0.484 e. The van der Waals surface area contributed by atoms with Crippen LogP contribution < -0.4 is 14.5 Å². The van der Waals surface area contributed by atoms with Crippen molar-refractivity contribution in [3.05, 3.63) is 53.6 Å². The highest BCUT2D eigenvalue weighted by atomic mass is 19.2. The summed E-state index contributed by atoms with van der Waals surface area (Å²) >= 11 is 0. The van der Waals surface area contributed by atoms with Crippen LogP contribution in [0.4, 0.5) is 20.2 Å². The van der Waals surface area contributed by atoms with Crippen molar-refractivity contribution in [2.45, 2.75) is 52.6 Å². The Hall–Kier alpha value is -3.20. The van der Waals surface area contributed by atoms with E-state index >= 15 is 0 Å². The zero-order chi connectivity index (χ0) is 27.8. The second kappa shape index (κ2) is 13.6. The molecule has 7 nitrogen and oxygen atoms in total. The summed E-state index contributed by atoms with van der Waals surface area (Å²) in [4.78, 5) is 33.7. The van der Waals surface area contributed by atoms with Gasteiger partial charge in [0.2, 0.25) is 5.91 Å². The highest BCUT2D eigenvalue weighted by Crippen LogP contribution is 2.28. The number of hydrogen-bond donors (Lipinski definition) is 0. The summed E-state index contributed by atoms with van der Waals surface area (Å²) in [5.74, 6) is -1.90. The predicted molar refractivity (Wildman–Crippen MR) is 147 cm³/mol. The van der Waals surface area contributed by atoms with Crippen LogP contribution in [0.15, 0.2) is 36.4 Å². The number of carbonyl (C=O) groups excluding carboxylic acids is 2. The Labute approximate surface area is 224 Å². The SMILES string of the molecule is CCC(=O)N1CCCN(C(C)C)CCCN(C(=O)COc2cccc(N(C)C)c2)Cc2cc(F)c(F)cc21. The minimum absolute atomic E-state index is 0.0433. The van der Waals surface area contributed by atoms with Crippen molar-refractivity contribution in [2.24, 2.45) is 0 Å². The lowest BCUT2D eigenvalue weighted by Gasteiger charge is -2.33. The molecule has 2 aromatic carbocycles. The topological polar surface area (TPSA) is 56.3 Å². The van der Waals surface area contributed by atoms with E-state index in [1.165, 1.54) is 4.90 Å². The maximum absolute atomic E-state index is 14.4. The molecule has 0 saturated heterocycles. The third kappa shape index (κ3) is 7.66. The summed E-state index contributed by atoms with van der Waals surface area (Å²) in [6.07, 6.45) is 1.65. The molecule has 1 aliphatic heterocycles. The minimum Gasteiger partial charge on any atom is -0.484 e. The first kappa shape index (κ1) is 29.4. The predicted octanol–water partition coefficient (Wildman–Crippen LogP) is 4.69. The third-order valence-electron chi connectivity index (χ3n) is 6.86. The lowest BCUT2D eigenvalue weighted by atomic mass is 10.1. The van der Waals surface area contributed by atoms with Gasteiger partial charge < -0.3 is 24.3 Å². The van der Waals surface area contributed by atoms with Crippen LogP contribution >= 0.6 is 0 Å². The van der Waals surface area contributed by atoms with E-state index in [4.69, 9.17) is 4.74 Å². The van der Waals surface area contributed by atoms with E-state index in [9.17, 15) is 18.4 Å². The van der Waals surface area contributed by atoms with Gasteiger partial charge >= 0.3 is 0 Å². The summed E-state index contributed by atoms with van der Waals surface area (Å²) in [5.41, 5.74) is 1.65. The lowest BCUT2D eigenvalue weighted by molar-refractivity contribution is -0.134. The number of hydrogen-bond acceptors (Lipinski definition) is 5. The molecule has 0 radical (unpaired) electrons. The molecule has 0 fully saturated rings. The first-order valence-electron chi connectivity index (χ1n) is 13.3. The van der Waals surface area contributed by atoms with Crippen LogP contribution in [-0.2, 0) is 16.1 Å². The molecule has 2 amide bonds. The summed E-state index contributed by atoms with van der Waals surface area (Å²) in [6, 6.07) is 9.93. The van der Waals surface area contributed by atoms with Gasteiger partial charge in [-0.2, -0.15) is 0 Å². The van der Waals surface area contributed by atoms with Crippen LogP contribution in [0.5, 0.6) is 5.75 Å². The maximum atomic E-state index is 14.4. The fraction of sp³-hybridized carbons (Fsp3) is 0.517. The average molecular weight is 531 g/mol.